The molecule has 0 heterocycles. The van der Waals surface area contributed by atoms with E-state index in [0.717, 1.165) is 18.6 Å². The summed E-state index contributed by atoms with van der Waals surface area (Å²) in [5.41, 5.74) is 0.466. The summed E-state index contributed by atoms with van der Waals surface area (Å²) in [5, 5.41) is 13.5. The van der Waals surface area contributed by atoms with E-state index in [0.29, 0.717) is 12.2 Å². The quantitative estimate of drug-likeness (QED) is 0.585. The highest BCUT2D eigenvalue weighted by molar-refractivity contribution is 5.96. The molecule has 116 valence electrons. The maximum absolute atomic E-state index is 11.8. The normalized spacial score (nSPS) is 10.0. The van der Waals surface area contributed by atoms with Gasteiger partial charge in [0, 0.05) is 12.1 Å². The molecule has 1 rings (SSSR count). The van der Waals surface area contributed by atoms with Crippen molar-refractivity contribution in [1.29, 1.82) is 0 Å². The van der Waals surface area contributed by atoms with E-state index < -0.39 is 0 Å². The number of benzene rings is 1. The lowest BCUT2D eigenvalue weighted by Gasteiger charge is -2.08. The molecular weight excluding hydrogens is 272 g/mol. The van der Waals surface area contributed by atoms with Gasteiger partial charge in [-0.15, -0.1) is 0 Å². The highest BCUT2D eigenvalue weighted by Crippen LogP contribution is 2.12. The number of hydrogen-bond donors (Lipinski definition) is 3. The number of aliphatic hydroxyl groups is 1. The molecule has 2 amide bonds. The number of unbranched alkanes of at least 4 members (excludes halogenated alkanes) is 1. The summed E-state index contributed by atoms with van der Waals surface area (Å²) >= 11 is 0. The van der Waals surface area contributed by atoms with Crippen LogP contribution in [0.25, 0.3) is 0 Å². The Hall–Kier alpha value is -2.08. The second-order valence-electron chi connectivity index (χ2n) is 4.48. The molecule has 0 atom stereocenters. The summed E-state index contributed by atoms with van der Waals surface area (Å²) in [4.78, 5) is 23.1. The third-order valence-electron chi connectivity index (χ3n) is 2.73. The van der Waals surface area contributed by atoms with Gasteiger partial charge in [0.1, 0.15) is 5.75 Å². The molecule has 0 saturated heterocycles. The van der Waals surface area contributed by atoms with Gasteiger partial charge in [0.25, 0.3) is 5.91 Å². The van der Waals surface area contributed by atoms with Crippen LogP contribution in [0.2, 0.25) is 0 Å². The van der Waals surface area contributed by atoms with Gasteiger partial charge >= 0.3 is 0 Å². The smallest absolute Gasteiger partial charge is 0.251 e. The minimum atomic E-state index is -0.336. The van der Waals surface area contributed by atoms with Crippen molar-refractivity contribution in [3.05, 3.63) is 29.8 Å². The van der Waals surface area contributed by atoms with Crippen molar-refractivity contribution in [1.82, 2.24) is 10.6 Å². The molecule has 0 unspecified atom stereocenters. The number of nitrogens with one attached hydrogen (secondary N) is 2. The Balaban J connectivity index is 2.38. The molecule has 0 fully saturated rings. The lowest BCUT2D eigenvalue weighted by atomic mass is 10.2. The number of amides is 2. The molecule has 1 aromatic rings. The van der Waals surface area contributed by atoms with Gasteiger partial charge in [0.2, 0.25) is 5.91 Å². The molecule has 6 heteroatoms. The third kappa shape index (κ3) is 6.76. The Morgan fingerprint density at radius 2 is 1.90 bits per heavy atom. The summed E-state index contributed by atoms with van der Waals surface area (Å²) < 4.78 is 5.50. The molecule has 0 aliphatic heterocycles. The molecule has 3 N–H and O–H groups in total. The van der Waals surface area contributed by atoms with Gasteiger partial charge in [-0.1, -0.05) is 13.3 Å². The van der Waals surface area contributed by atoms with Crippen molar-refractivity contribution < 1.29 is 19.4 Å². The average molecular weight is 294 g/mol. The van der Waals surface area contributed by atoms with Crippen molar-refractivity contribution >= 4 is 11.8 Å². The first-order valence-electron chi connectivity index (χ1n) is 7.06. The van der Waals surface area contributed by atoms with Crippen LogP contribution in [0, 0.1) is 0 Å². The van der Waals surface area contributed by atoms with Crippen LogP contribution in [0.4, 0.5) is 0 Å². The van der Waals surface area contributed by atoms with E-state index in [2.05, 4.69) is 17.6 Å². The zero-order valence-electron chi connectivity index (χ0n) is 12.2. The van der Waals surface area contributed by atoms with Gasteiger partial charge in [-0.05, 0) is 30.7 Å². The summed E-state index contributed by atoms with van der Waals surface area (Å²) in [6.45, 7) is 2.69. The van der Waals surface area contributed by atoms with Gasteiger partial charge in [-0.2, -0.15) is 0 Å². The van der Waals surface area contributed by atoms with E-state index in [1.165, 1.54) is 0 Å². The maximum atomic E-state index is 11.8. The minimum absolute atomic E-state index is 0.117. The van der Waals surface area contributed by atoms with Crippen molar-refractivity contribution in [2.75, 3.05) is 26.3 Å². The molecule has 6 nitrogen and oxygen atoms in total. The minimum Gasteiger partial charge on any atom is -0.494 e. The number of hydrogen-bond acceptors (Lipinski definition) is 4. The predicted octanol–water partition coefficient (Wildman–Crippen LogP) is 0.704. The van der Waals surface area contributed by atoms with E-state index in [1.54, 1.807) is 24.3 Å². The van der Waals surface area contributed by atoms with Gasteiger partial charge in [0.15, 0.2) is 0 Å². The summed E-state index contributed by atoms with van der Waals surface area (Å²) in [6, 6.07) is 6.78. The summed E-state index contributed by atoms with van der Waals surface area (Å²) in [5.74, 6) is 0.0619. The fraction of sp³-hybridized carbons (Fsp3) is 0.467. The van der Waals surface area contributed by atoms with E-state index in [4.69, 9.17) is 9.84 Å². The first-order chi connectivity index (χ1) is 10.2. The molecule has 21 heavy (non-hydrogen) atoms. The highest BCUT2D eigenvalue weighted by atomic mass is 16.5. The molecule has 0 saturated carbocycles. The molecule has 0 aliphatic rings. The van der Waals surface area contributed by atoms with E-state index in [9.17, 15) is 9.59 Å². The zero-order valence-corrected chi connectivity index (χ0v) is 12.2. The van der Waals surface area contributed by atoms with Crippen LogP contribution in [0.15, 0.2) is 24.3 Å². The Bertz CT molecular complexity index is 445. The van der Waals surface area contributed by atoms with Crippen molar-refractivity contribution in [3.63, 3.8) is 0 Å². The second kappa shape index (κ2) is 9.77. The predicted molar refractivity (Wildman–Crippen MR) is 79.3 cm³/mol. The molecule has 0 aromatic heterocycles. The maximum Gasteiger partial charge on any atom is 0.251 e. The van der Waals surface area contributed by atoms with Crippen LogP contribution in [0.1, 0.15) is 30.1 Å². The first-order valence-corrected chi connectivity index (χ1v) is 7.06. The van der Waals surface area contributed by atoms with Gasteiger partial charge in [-0.25, -0.2) is 0 Å². The molecule has 0 aliphatic carbocycles. The lowest BCUT2D eigenvalue weighted by molar-refractivity contribution is -0.120. The third-order valence-corrected chi connectivity index (χ3v) is 2.73. The van der Waals surface area contributed by atoms with Crippen LogP contribution in [-0.2, 0) is 4.79 Å². The Morgan fingerprint density at radius 1 is 1.19 bits per heavy atom. The van der Waals surface area contributed by atoms with Crippen molar-refractivity contribution in [2.24, 2.45) is 0 Å². The largest absolute Gasteiger partial charge is 0.494 e. The van der Waals surface area contributed by atoms with E-state index >= 15 is 0 Å². The number of aliphatic hydroxyl groups excluding tert-OH is 1. The van der Waals surface area contributed by atoms with Crippen molar-refractivity contribution in [2.45, 2.75) is 19.8 Å². The fourth-order valence-electron chi connectivity index (χ4n) is 1.56. The fourth-order valence-corrected chi connectivity index (χ4v) is 1.56. The van der Waals surface area contributed by atoms with Gasteiger partial charge in [-0.3, -0.25) is 9.59 Å². The van der Waals surface area contributed by atoms with Crippen LogP contribution in [-0.4, -0.2) is 43.2 Å². The number of carbonyl (C=O) groups excluding carboxylic acids is 2. The second-order valence-corrected chi connectivity index (χ2v) is 4.48. The van der Waals surface area contributed by atoms with Crippen LogP contribution < -0.4 is 15.4 Å². The number of ether oxygens (including phenoxy) is 1. The summed E-state index contributed by atoms with van der Waals surface area (Å²) in [6.07, 6.45) is 2.06. The molecule has 1 aromatic carbocycles. The first kappa shape index (κ1) is 17.0. The molecule has 0 spiro atoms. The molecule has 0 bridgehead atoms. The molecule has 0 radical (unpaired) electrons. The lowest BCUT2D eigenvalue weighted by Crippen LogP contribution is -2.37. The Morgan fingerprint density at radius 3 is 2.52 bits per heavy atom. The number of carbonyl (C=O) groups is 2. The number of rotatable bonds is 9. The SMILES string of the molecule is CCCCOc1ccc(C(=O)NCC(=O)NCCO)cc1. The van der Waals surface area contributed by atoms with Crippen LogP contribution >= 0.6 is 0 Å². The monoisotopic (exact) mass is 294 g/mol. The average Bonchev–Trinajstić information content (AvgIpc) is 2.51. The highest BCUT2D eigenvalue weighted by Gasteiger charge is 2.07. The molecular formula is C15H22N2O4. The van der Waals surface area contributed by atoms with Crippen LogP contribution in [0.3, 0.4) is 0 Å². The Kier molecular flexibility index (Phi) is 7.89. The van der Waals surface area contributed by atoms with Crippen LogP contribution in [0.5, 0.6) is 5.75 Å². The van der Waals surface area contributed by atoms with Crippen molar-refractivity contribution in [3.8, 4) is 5.75 Å². The van der Waals surface area contributed by atoms with Gasteiger partial charge in [0.05, 0.1) is 19.8 Å². The summed E-state index contributed by atoms with van der Waals surface area (Å²) in [7, 11) is 0. The zero-order chi connectivity index (χ0) is 15.5. The topological polar surface area (TPSA) is 87.7 Å². The Labute approximate surface area is 124 Å². The van der Waals surface area contributed by atoms with Gasteiger partial charge < -0.3 is 20.5 Å². The standard InChI is InChI=1S/C15H22N2O4/c1-2-3-10-21-13-6-4-12(5-7-13)15(20)17-11-14(19)16-8-9-18/h4-7,18H,2-3,8-11H2,1H3,(H,16,19)(H,17,20). The van der Waals surface area contributed by atoms with E-state index in [1.807, 2.05) is 0 Å². The van der Waals surface area contributed by atoms with E-state index in [-0.39, 0.29) is 31.5 Å².